The van der Waals surface area contributed by atoms with Crippen LogP contribution < -0.4 is 4.74 Å². The maximum Gasteiger partial charge on any atom is 0.123 e. The van der Waals surface area contributed by atoms with E-state index in [4.69, 9.17) is 4.74 Å². The van der Waals surface area contributed by atoms with Crippen molar-refractivity contribution < 1.29 is 9.84 Å². The molecule has 2 aromatic carbocycles. The molecule has 0 spiro atoms. The van der Waals surface area contributed by atoms with Crippen LogP contribution in [0.1, 0.15) is 42.6 Å². The van der Waals surface area contributed by atoms with E-state index in [0.29, 0.717) is 6.54 Å². The number of nitrogens with zero attached hydrogens (tertiary/aromatic N) is 2. The highest BCUT2D eigenvalue weighted by Crippen LogP contribution is 2.36. The maximum atomic E-state index is 10.7. The Hall–Kier alpha value is -2.35. The number of β-amino-alcohol motifs (C(OH)–C–C–N with tert-alkyl or cyclic N) is 1. The summed E-state index contributed by atoms with van der Waals surface area (Å²) in [6.07, 6.45) is 2.21. The molecule has 0 unspecified atom stereocenters. The molecule has 140 valence electrons. The van der Waals surface area contributed by atoms with Gasteiger partial charge >= 0.3 is 0 Å². The molecule has 0 radical (unpaired) electrons. The van der Waals surface area contributed by atoms with E-state index in [-0.39, 0.29) is 6.10 Å². The zero-order valence-corrected chi connectivity index (χ0v) is 15.8. The first kappa shape index (κ1) is 18.0. The summed E-state index contributed by atoms with van der Waals surface area (Å²) in [6.45, 7) is 4.32. The zero-order valence-electron chi connectivity index (χ0n) is 15.8. The normalized spacial score (nSPS) is 22.5. The van der Waals surface area contributed by atoms with Gasteiger partial charge in [0.1, 0.15) is 11.9 Å². The molecule has 2 aromatic rings. The fourth-order valence-electron chi connectivity index (χ4n) is 4.34. The Bertz CT molecular complexity index is 835. The molecule has 0 bridgehead atoms. The van der Waals surface area contributed by atoms with E-state index < -0.39 is 11.5 Å². The number of fused-ring (bicyclic) bond motifs is 1. The summed E-state index contributed by atoms with van der Waals surface area (Å²) in [5, 5.41) is 20.5. The molecule has 1 N–H and O–H groups in total. The molecule has 4 nitrogen and oxygen atoms in total. The van der Waals surface area contributed by atoms with Crippen LogP contribution in [-0.4, -0.2) is 35.7 Å². The number of rotatable bonds is 4. The topological polar surface area (TPSA) is 56.5 Å². The Morgan fingerprint density at radius 1 is 1.22 bits per heavy atom. The molecular formula is C23H26N2O2. The smallest absolute Gasteiger partial charge is 0.123 e. The second-order valence-corrected chi connectivity index (χ2v) is 7.88. The van der Waals surface area contributed by atoms with Gasteiger partial charge in [-0.05, 0) is 48.6 Å². The van der Waals surface area contributed by atoms with Crippen molar-refractivity contribution in [1.82, 2.24) is 4.90 Å². The molecule has 1 saturated heterocycles. The minimum atomic E-state index is -0.516. The van der Waals surface area contributed by atoms with Crippen LogP contribution in [0.15, 0.2) is 48.5 Å². The third-order valence-corrected chi connectivity index (χ3v) is 5.99. The summed E-state index contributed by atoms with van der Waals surface area (Å²) >= 11 is 0. The van der Waals surface area contributed by atoms with Gasteiger partial charge in [0, 0.05) is 26.1 Å². The lowest BCUT2D eigenvalue weighted by Crippen LogP contribution is -2.43. The molecule has 1 fully saturated rings. The van der Waals surface area contributed by atoms with Crippen molar-refractivity contribution in [3.8, 4) is 11.8 Å². The highest BCUT2D eigenvalue weighted by atomic mass is 16.5. The summed E-state index contributed by atoms with van der Waals surface area (Å²) in [4.78, 5) is 2.27. The lowest BCUT2D eigenvalue weighted by Gasteiger charge is -2.38. The second-order valence-electron chi connectivity index (χ2n) is 7.88. The number of aliphatic hydroxyl groups excluding tert-OH is 1. The first-order chi connectivity index (χ1) is 13.1. The molecule has 2 atom stereocenters. The van der Waals surface area contributed by atoms with Crippen molar-refractivity contribution in [2.45, 2.75) is 43.8 Å². The van der Waals surface area contributed by atoms with Gasteiger partial charge in [-0.2, -0.15) is 5.26 Å². The number of ether oxygens (including phenoxy) is 1. The Balaban J connectivity index is 1.39. The fourth-order valence-corrected chi connectivity index (χ4v) is 4.34. The lowest BCUT2D eigenvalue weighted by molar-refractivity contribution is 0.0897. The predicted octanol–water partition coefficient (Wildman–Crippen LogP) is 3.60. The van der Waals surface area contributed by atoms with Gasteiger partial charge in [-0.3, -0.25) is 0 Å². The minimum Gasteiger partial charge on any atom is -0.490 e. The lowest BCUT2D eigenvalue weighted by atomic mass is 9.74. The van der Waals surface area contributed by atoms with E-state index >= 15 is 0 Å². The highest BCUT2D eigenvalue weighted by Gasteiger charge is 2.36. The molecule has 2 aliphatic rings. The average molecular weight is 362 g/mol. The molecule has 4 heteroatoms. The van der Waals surface area contributed by atoms with Gasteiger partial charge in [0.15, 0.2) is 0 Å². The number of nitriles is 1. The number of hydrogen-bond donors (Lipinski definition) is 1. The maximum absolute atomic E-state index is 10.7. The number of likely N-dealkylation sites (tertiary alicyclic amines) is 1. The van der Waals surface area contributed by atoms with Crippen molar-refractivity contribution in [3.63, 3.8) is 0 Å². The van der Waals surface area contributed by atoms with Gasteiger partial charge in [-0.25, -0.2) is 0 Å². The van der Waals surface area contributed by atoms with Gasteiger partial charge in [-0.1, -0.05) is 36.4 Å². The van der Waals surface area contributed by atoms with Crippen LogP contribution in [0.3, 0.4) is 0 Å². The van der Waals surface area contributed by atoms with E-state index in [2.05, 4.69) is 36.1 Å². The first-order valence-electron chi connectivity index (χ1n) is 9.76. The van der Waals surface area contributed by atoms with Crippen LogP contribution in [0.4, 0.5) is 0 Å². The molecule has 0 amide bonds. The van der Waals surface area contributed by atoms with Crippen LogP contribution in [0.25, 0.3) is 0 Å². The van der Waals surface area contributed by atoms with Crippen LogP contribution in [0.5, 0.6) is 5.75 Å². The molecule has 2 aliphatic heterocycles. The summed E-state index contributed by atoms with van der Waals surface area (Å²) in [7, 11) is 0. The first-order valence-corrected chi connectivity index (χ1v) is 9.76. The van der Waals surface area contributed by atoms with Gasteiger partial charge in [0.25, 0.3) is 0 Å². The van der Waals surface area contributed by atoms with Crippen molar-refractivity contribution in [1.29, 1.82) is 5.26 Å². The molecular weight excluding hydrogens is 336 g/mol. The Morgan fingerprint density at radius 3 is 2.67 bits per heavy atom. The summed E-state index contributed by atoms with van der Waals surface area (Å²) in [6, 6.07) is 18.7. The third-order valence-electron chi connectivity index (χ3n) is 5.99. The Kier molecular flexibility index (Phi) is 4.90. The van der Waals surface area contributed by atoms with E-state index in [9.17, 15) is 10.4 Å². The van der Waals surface area contributed by atoms with Gasteiger partial charge in [0.2, 0.25) is 0 Å². The number of piperidine rings is 1. The number of hydrogen-bond acceptors (Lipinski definition) is 4. The van der Waals surface area contributed by atoms with Gasteiger partial charge < -0.3 is 14.7 Å². The van der Waals surface area contributed by atoms with Gasteiger partial charge in [-0.15, -0.1) is 0 Å². The Morgan fingerprint density at radius 2 is 1.96 bits per heavy atom. The average Bonchev–Trinajstić information content (AvgIpc) is 3.08. The Labute approximate surface area is 161 Å². The van der Waals surface area contributed by atoms with Crippen molar-refractivity contribution in [2.24, 2.45) is 0 Å². The molecule has 0 saturated carbocycles. The molecule has 2 heterocycles. The van der Waals surface area contributed by atoms with Gasteiger partial charge in [0.05, 0.1) is 17.6 Å². The number of benzene rings is 2. The largest absolute Gasteiger partial charge is 0.490 e. The molecule has 27 heavy (non-hydrogen) atoms. The van der Waals surface area contributed by atoms with Crippen LogP contribution in [0, 0.1) is 11.3 Å². The molecule has 0 aromatic heterocycles. The van der Waals surface area contributed by atoms with E-state index in [1.807, 2.05) is 30.3 Å². The monoisotopic (exact) mass is 362 g/mol. The van der Waals surface area contributed by atoms with E-state index in [0.717, 1.165) is 49.2 Å². The second kappa shape index (κ2) is 7.34. The third kappa shape index (κ3) is 3.58. The standard InChI is InChI=1S/C23H26N2O2/c1-17-13-19-14-18(7-8-22(19)27-17)21(26)15-25-11-9-23(16-24,10-12-25)20-5-3-2-4-6-20/h2-8,14,17,21,26H,9-13,15H2,1H3/t17-,21+/m0/s1. The zero-order chi connectivity index (χ0) is 18.9. The summed E-state index contributed by atoms with van der Waals surface area (Å²) in [5.41, 5.74) is 2.85. The van der Waals surface area contributed by atoms with Crippen molar-refractivity contribution >= 4 is 0 Å². The summed E-state index contributed by atoms with van der Waals surface area (Å²) < 4.78 is 5.75. The predicted molar refractivity (Wildman–Crippen MR) is 105 cm³/mol. The minimum absolute atomic E-state index is 0.214. The number of aliphatic hydroxyl groups is 1. The quantitative estimate of drug-likeness (QED) is 0.903. The van der Waals surface area contributed by atoms with Crippen molar-refractivity contribution in [2.75, 3.05) is 19.6 Å². The van der Waals surface area contributed by atoms with Crippen LogP contribution >= 0.6 is 0 Å². The van der Waals surface area contributed by atoms with E-state index in [1.54, 1.807) is 0 Å². The van der Waals surface area contributed by atoms with Crippen LogP contribution in [-0.2, 0) is 11.8 Å². The van der Waals surface area contributed by atoms with E-state index in [1.165, 1.54) is 5.56 Å². The molecule has 0 aliphatic carbocycles. The molecule has 4 rings (SSSR count). The summed E-state index contributed by atoms with van der Waals surface area (Å²) in [5.74, 6) is 0.943. The van der Waals surface area contributed by atoms with Crippen LogP contribution in [0.2, 0.25) is 0 Å². The SMILES string of the molecule is C[C@H]1Cc2cc([C@H](O)CN3CCC(C#N)(c4ccccc4)CC3)ccc2O1. The fraction of sp³-hybridized carbons (Fsp3) is 0.435. The highest BCUT2D eigenvalue weighted by molar-refractivity contribution is 5.41. The van der Waals surface area contributed by atoms with Crippen molar-refractivity contribution in [3.05, 3.63) is 65.2 Å².